The summed E-state index contributed by atoms with van der Waals surface area (Å²) in [6.07, 6.45) is 3.53. The quantitative estimate of drug-likeness (QED) is 0.288. The van der Waals surface area contributed by atoms with Crippen LogP contribution >= 0.6 is 27.3 Å². The number of aromatic nitrogens is 1. The number of halogens is 1. The molecule has 0 aliphatic heterocycles. The third-order valence-corrected chi connectivity index (χ3v) is 6.08. The van der Waals surface area contributed by atoms with Crippen LogP contribution in [0.15, 0.2) is 62.4 Å². The lowest BCUT2D eigenvalue weighted by atomic mass is 10.2. The van der Waals surface area contributed by atoms with Crippen molar-refractivity contribution in [1.29, 1.82) is 0 Å². The van der Waals surface area contributed by atoms with Gasteiger partial charge in [-0.25, -0.2) is 4.68 Å². The second-order valence-electron chi connectivity index (χ2n) is 6.80. The Hall–Kier alpha value is -2.71. The molecule has 0 N–H and O–H groups in total. The Morgan fingerprint density at radius 2 is 1.97 bits per heavy atom. The number of ether oxygens (including phenoxy) is 2. The molecular weight excluding hydrogens is 466 g/mol. The number of carbonyl (C=O) groups excluding carboxylic acids is 1. The van der Waals surface area contributed by atoms with Crippen molar-refractivity contribution in [3.05, 3.63) is 62.7 Å². The molecule has 0 bridgehead atoms. The van der Waals surface area contributed by atoms with E-state index in [1.807, 2.05) is 35.7 Å². The average molecular weight is 486 g/mol. The van der Waals surface area contributed by atoms with Gasteiger partial charge in [0.2, 0.25) is 4.80 Å². The molecule has 0 radical (unpaired) electrons. The van der Waals surface area contributed by atoms with Gasteiger partial charge in [-0.3, -0.25) is 9.79 Å². The van der Waals surface area contributed by atoms with Crippen LogP contribution in [0.5, 0.6) is 11.5 Å². The van der Waals surface area contributed by atoms with Crippen molar-refractivity contribution >= 4 is 39.5 Å². The maximum Gasteiger partial charge on any atom is 0.314 e. The third-order valence-electron chi connectivity index (χ3n) is 4.65. The van der Waals surface area contributed by atoms with Gasteiger partial charge in [-0.15, -0.1) is 11.3 Å². The Labute approximate surface area is 186 Å². The van der Waals surface area contributed by atoms with E-state index in [1.54, 1.807) is 37.2 Å². The number of hydrogen-bond acceptors (Lipinski definition) is 6. The van der Waals surface area contributed by atoms with Crippen LogP contribution < -0.4 is 14.3 Å². The minimum Gasteiger partial charge on any atom is -0.493 e. The summed E-state index contributed by atoms with van der Waals surface area (Å²) < 4.78 is 13.7. The molecule has 0 saturated heterocycles. The molecule has 8 heteroatoms. The summed E-state index contributed by atoms with van der Waals surface area (Å²) in [7, 11) is 3.30. The molecule has 1 heterocycles. The summed E-state index contributed by atoms with van der Waals surface area (Å²) in [4.78, 5) is 17.1. The Morgan fingerprint density at radius 3 is 2.63 bits per heavy atom. The summed E-state index contributed by atoms with van der Waals surface area (Å²) in [5, 5.41) is 6.68. The van der Waals surface area contributed by atoms with Gasteiger partial charge in [0.1, 0.15) is 0 Å². The zero-order valence-electron chi connectivity index (χ0n) is 16.5. The summed E-state index contributed by atoms with van der Waals surface area (Å²) >= 11 is 4.99. The molecule has 0 unspecified atom stereocenters. The highest BCUT2D eigenvalue weighted by atomic mass is 79.9. The fraction of sp³-hybridized carbons (Fsp3) is 0.227. The van der Waals surface area contributed by atoms with Crippen LogP contribution in [-0.4, -0.2) is 31.0 Å². The molecule has 3 aromatic rings. The van der Waals surface area contributed by atoms with E-state index in [2.05, 4.69) is 26.0 Å². The molecule has 0 atom stereocenters. The number of carbonyl (C=O) groups is 1. The van der Waals surface area contributed by atoms with Crippen molar-refractivity contribution in [3.63, 3.8) is 0 Å². The predicted octanol–water partition coefficient (Wildman–Crippen LogP) is 4.72. The highest BCUT2D eigenvalue weighted by molar-refractivity contribution is 9.10. The van der Waals surface area contributed by atoms with Crippen molar-refractivity contribution < 1.29 is 14.3 Å². The van der Waals surface area contributed by atoms with E-state index in [1.165, 1.54) is 11.3 Å². The summed E-state index contributed by atoms with van der Waals surface area (Å²) in [5.41, 5.74) is 2.81. The number of nitrogens with zero attached hydrogens (tertiary/aromatic N) is 3. The van der Waals surface area contributed by atoms with Crippen molar-refractivity contribution in [2.24, 2.45) is 16.0 Å². The van der Waals surface area contributed by atoms with E-state index < -0.39 is 0 Å². The van der Waals surface area contributed by atoms with Crippen molar-refractivity contribution in [2.75, 3.05) is 14.2 Å². The number of benzene rings is 2. The van der Waals surface area contributed by atoms with Gasteiger partial charge in [0, 0.05) is 22.5 Å². The van der Waals surface area contributed by atoms with Gasteiger partial charge in [0.15, 0.2) is 11.5 Å². The zero-order chi connectivity index (χ0) is 21.1. The molecule has 154 valence electrons. The number of hydrogen-bond donors (Lipinski definition) is 0. The average Bonchev–Trinajstić information content (AvgIpc) is 3.54. The summed E-state index contributed by atoms with van der Waals surface area (Å²) in [6, 6.07) is 13.4. The number of rotatable bonds is 6. The second kappa shape index (κ2) is 8.97. The predicted molar refractivity (Wildman–Crippen MR) is 121 cm³/mol. The van der Waals surface area contributed by atoms with Gasteiger partial charge in [-0.1, -0.05) is 28.1 Å². The molecule has 1 aliphatic carbocycles. The van der Waals surface area contributed by atoms with Gasteiger partial charge >= 0.3 is 5.97 Å². The van der Waals surface area contributed by atoms with Gasteiger partial charge < -0.3 is 9.47 Å². The molecule has 30 heavy (non-hydrogen) atoms. The Morgan fingerprint density at radius 1 is 1.20 bits per heavy atom. The normalized spacial score (nSPS) is 14.3. The van der Waals surface area contributed by atoms with Crippen molar-refractivity contribution in [2.45, 2.75) is 12.8 Å². The van der Waals surface area contributed by atoms with Crippen molar-refractivity contribution in [1.82, 2.24) is 4.68 Å². The molecule has 1 aromatic heterocycles. The number of methoxy groups -OCH3 is 1. The van der Waals surface area contributed by atoms with Gasteiger partial charge in [-0.05, 0) is 48.7 Å². The minimum absolute atomic E-state index is 0.0270. The number of thiazole rings is 1. The highest BCUT2D eigenvalue weighted by Gasteiger charge is 2.32. The first-order valence-electron chi connectivity index (χ1n) is 9.42. The zero-order valence-corrected chi connectivity index (χ0v) is 18.9. The fourth-order valence-electron chi connectivity index (χ4n) is 2.87. The fourth-order valence-corrected chi connectivity index (χ4v) is 3.93. The standard InChI is InChI=1S/C22H20BrN3O3S/c1-24-22-26(18(13-30-22)15-6-8-17(23)9-7-15)25-12-14-3-10-19(20(11-14)28-2)29-21(27)16-4-5-16/h3,6-13,16H,4-5H2,1-2H3. The van der Waals surface area contributed by atoms with Crippen molar-refractivity contribution in [3.8, 4) is 22.8 Å². The van der Waals surface area contributed by atoms with Crippen LogP contribution in [0, 0.1) is 5.92 Å². The second-order valence-corrected chi connectivity index (χ2v) is 8.55. The van der Waals surface area contributed by atoms with Gasteiger partial charge in [0.25, 0.3) is 0 Å². The van der Waals surface area contributed by atoms with Crippen LogP contribution in [0.1, 0.15) is 18.4 Å². The molecule has 1 fully saturated rings. The summed E-state index contributed by atoms with van der Waals surface area (Å²) in [6.45, 7) is 0. The van der Waals surface area contributed by atoms with E-state index in [4.69, 9.17) is 9.47 Å². The largest absolute Gasteiger partial charge is 0.493 e. The topological polar surface area (TPSA) is 65.2 Å². The minimum atomic E-state index is -0.197. The first kappa shape index (κ1) is 20.6. The maximum absolute atomic E-state index is 12.0. The molecule has 4 rings (SSSR count). The molecule has 0 spiro atoms. The molecule has 1 aliphatic rings. The highest BCUT2D eigenvalue weighted by Crippen LogP contribution is 2.34. The molecular formula is C22H20BrN3O3S. The van der Waals surface area contributed by atoms with E-state index in [-0.39, 0.29) is 11.9 Å². The van der Waals surface area contributed by atoms with Crippen LogP contribution in [0.2, 0.25) is 0 Å². The van der Waals surface area contributed by atoms with Crippen LogP contribution in [0.25, 0.3) is 11.3 Å². The van der Waals surface area contributed by atoms with E-state index >= 15 is 0 Å². The van der Waals surface area contributed by atoms with E-state index in [0.717, 1.165) is 38.9 Å². The summed E-state index contributed by atoms with van der Waals surface area (Å²) in [5.74, 6) is 0.752. The maximum atomic E-state index is 12.0. The lowest BCUT2D eigenvalue weighted by Gasteiger charge is -2.09. The van der Waals surface area contributed by atoms with Crippen LogP contribution in [0.3, 0.4) is 0 Å². The van der Waals surface area contributed by atoms with Gasteiger partial charge in [-0.2, -0.15) is 5.10 Å². The van der Waals surface area contributed by atoms with Gasteiger partial charge in [0.05, 0.1) is 24.9 Å². The first-order chi connectivity index (χ1) is 14.6. The van der Waals surface area contributed by atoms with Crippen LogP contribution in [0.4, 0.5) is 0 Å². The number of esters is 1. The SMILES string of the molecule is CN=c1scc(-c2ccc(Br)cc2)n1N=Cc1ccc(OC(=O)C2CC2)c(OC)c1. The monoisotopic (exact) mass is 485 g/mol. The molecule has 2 aromatic carbocycles. The lowest BCUT2D eigenvalue weighted by Crippen LogP contribution is -2.12. The van der Waals surface area contributed by atoms with E-state index in [0.29, 0.717) is 11.5 Å². The lowest BCUT2D eigenvalue weighted by molar-refractivity contribution is -0.135. The molecule has 1 saturated carbocycles. The first-order valence-corrected chi connectivity index (χ1v) is 11.1. The Kier molecular flexibility index (Phi) is 6.15. The Balaban J connectivity index is 1.62. The Bertz CT molecular complexity index is 1160. The molecule has 6 nitrogen and oxygen atoms in total. The van der Waals surface area contributed by atoms with E-state index in [9.17, 15) is 4.79 Å². The van der Waals surface area contributed by atoms with Crippen LogP contribution in [-0.2, 0) is 4.79 Å². The molecule has 0 amide bonds. The third kappa shape index (κ3) is 4.55. The smallest absolute Gasteiger partial charge is 0.314 e.